The third-order valence-electron chi connectivity index (χ3n) is 5.34. The van der Waals surface area contributed by atoms with E-state index < -0.39 is 0 Å². The third-order valence-corrected chi connectivity index (χ3v) is 5.84. The van der Waals surface area contributed by atoms with Crippen molar-refractivity contribution in [3.63, 3.8) is 0 Å². The fraction of sp³-hybridized carbons (Fsp3) is 0.375. The number of hydrogen-bond donors (Lipinski definition) is 2. The number of anilines is 2. The molecule has 1 saturated heterocycles. The summed E-state index contributed by atoms with van der Waals surface area (Å²) in [5, 5.41) is 6.53. The average molecular weight is 473 g/mol. The predicted octanol–water partition coefficient (Wildman–Crippen LogP) is 4.47. The molecule has 6 nitrogen and oxygen atoms in total. The summed E-state index contributed by atoms with van der Waals surface area (Å²) in [7, 11) is 0. The number of amides is 2. The molecule has 32 heavy (non-hydrogen) atoms. The Morgan fingerprint density at radius 1 is 1.09 bits per heavy atom. The number of nitrogens with one attached hydrogen (secondary N) is 2. The SMILES string of the molecule is Cc1ccccc1C(=O)N1CCN(c2ccc(NC(=S)NC(=O)CC(C)C)cc2Cl)CC1. The molecule has 1 fully saturated rings. The zero-order chi connectivity index (χ0) is 23.3. The second-order valence-electron chi connectivity index (χ2n) is 8.36. The van der Waals surface area contributed by atoms with Gasteiger partial charge in [-0.25, -0.2) is 0 Å². The molecule has 2 amide bonds. The first-order valence-electron chi connectivity index (χ1n) is 10.7. The van der Waals surface area contributed by atoms with E-state index in [2.05, 4.69) is 15.5 Å². The molecule has 0 aliphatic carbocycles. The van der Waals surface area contributed by atoms with Crippen LogP contribution in [-0.4, -0.2) is 48.0 Å². The van der Waals surface area contributed by atoms with Gasteiger partial charge in [-0.1, -0.05) is 43.6 Å². The van der Waals surface area contributed by atoms with Crippen LogP contribution in [0.4, 0.5) is 11.4 Å². The Balaban J connectivity index is 1.57. The highest BCUT2D eigenvalue weighted by molar-refractivity contribution is 7.80. The normalized spacial score (nSPS) is 13.8. The maximum absolute atomic E-state index is 12.8. The van der Waals surface area contributed by atoms with Gasteiger partial charge in [-0.15, -0.1) is 0 Å². The number of halogens is 1. The number of benzene rings is 2. The summed E-state index contributed by atoms with van der Waals surface area (Å²) in [5.74, 6) is 0.221. The molecular formula is C24H29ClN4O2S. The molecule has 0 radical (unpaired) electrons. The van der Waals surface area contributed by atoms with Crippen LogP contribution < -0.4 is 15.5 Å². The molecule has 0 unspecified atom stereocenters. The summed E-state index contributed by atoms with van der Waals surface area (Å²) in [6, 6.07) is 13.3. The Morgan fingerprint density at radius 2 is 1.78 bits per heavy atom. The van der Waals surface area contributed by atoms with Gasteiger partial charge in [0.1, 0.15) is 0 Å². The van der Waals surface area contributed by atoms with Crippen molar-refractivity contribution in [3.8, 4) is 0 Å². The molecule has 1 heterocycles. The van der Waals surface area contributed by atoms with E-state index in [1.54, 1.807) is 6.07 Å². The standard InChI is InChI=1S/C24H29ClN4O2S/c1-16(2)14-22(30)27-24(32)26-18-8-9-21(20(25)15-18)28-10-12-29(13-11-28)23(31)19-7-5-4-6-17(19)3/h4-9,15-16H,10-14H2,1-3H3,(H2,26,27,30,32). The number of thiocarbonyl (C=S) groups is 1. The molecule has 8 heteroatoms. The fourth-order valence-electron chi connectivity index (χ4n) is 3.69. The van der Waals surface area contributed by atoms with E-state index in [0.29, 0.717) is 43.3 Å². The Morgan fingerprint density at radius 3 is 2.41 bits per heavy atom. The van der Waals surface area contributed by atoms with Crippen molar-refractivity contribution in [3.05, 3.63) is 58.6 Å². The molecule has 0 spiro atoms. The largest absolute Gasteiger partial charge is 0.367 e. The Kier molecular flexibility index (Phi) is 8.10. The van der Waals surface area contributed by atoms with Crippen molar-refractivity contribution in [1.29, 1.82) is 0 Å². The van der Waals surface area contributed by atoms with Crippen LogP contribution in [0.1, 0.15) is 36.2 Å². The second kappa shape index (κ2) is 10.8. The van der Waals surface area contributed by atoms with Crippen LogP contribution in [0.5, 0.6) is 0 Å². The summed E-state index contributed by atoms with van der Waals surface area (Å²) >= 11 is 11.8. The van der Waals surface area contributed by atoms with Crippen LogP contribution in [0.3, 0.4) is 0 Å². The van der Waals surface area contributed by atoms with Gasteiger partial charge in [0, 0.05) is 43.9 Å². The van der Waals surface area contributed by atoms with E-state index in [-0.39, 0.29) is 22.8 Å². The molecule has 0 saturated carbocycles. The Labute approximate surface area is 199 Å². The Bertz CT molecular complexity index is 1000. The van der Waals surface area contributed by atoms with Gasteiger partial charge in [0.2, 0.25) is 5.91 Å². The van der Waals surface area contributed by atoms with Gasteiger partial charge < -0.3 is 20.4 Å². The zero-order valence-corrected chi connectivity index (χ0v) is 20.2. The zero-order valence-electron chi connectivity index (χ0n) is 18.7. The molecule has 3 rings (SSSR count). The topological polar surface area (TPSA) is 64.7 Å². The lowest BCUT2D eigenvalue weighted by Gasteiger charge is -2.36. The van der Waals surface area contributed by atoms with Crippen LogP contribution in [0.2, 0.25) is 5.02 Å². The van der Waals surface area contributed by atoms with E-state index in [0.717, 1.165) is 16.8 Å². The second-order valence-corrected chi connectivity index (χ2v) is 9.18. The van der Waals surface area contributed by atoms with Gasteiger partial charge in [-0.2, -0.15) is 0 Å². The van der Waals surface area contributed by atoms with Crippen molar-refractivity contribution in [1.82, 2.24) is 10.2 Å². The maximum atomic E-state index is 12.8. The number of carbonyl (C=O) groups is 2. The summed E-state index contributed by atoms with van der Waals surface area (Å²) in [6.45, 7) is 8.59. The number of carbonyl (C=O) groups excluding carboxylic acids is 2. The summed E-state index contributed by atoms with van der Waals surface area (Å²) in [6.07, 6.45) is 0.417. The predicted molar refractivity (Wildman–Crippen MR) is 135 cm³/mol. The molecular weight excluding hydrogens is 444 g/mol. The number of nitrogens with zero attached hydrogens (tertiary/aromatic N) is 2. The van der Waals surface area contributed by atoms with Gasteiger partial charge >= 0.3 is 0 Å². The first kappa shape index (κ1) is 24.0. The molecule has 170 valence electrons. The molecule has 2 N–H and O–H groups in total. The minimum Gasteiger partial charge on any atom is -0.367 e. The van der Waals surface area contributed by atoms with Crippen molar-refractivity contribution in [2.24, 2.45) is 5.92 Å². The van der Waals surface area contributed by atoms with Crippen LogP contribution in [0.25, 0.3) is 0 Å². The average Bonchev–Trinajstić information content (AvgIpc) is 2.73. The number of piperazine rings is 1. The van der Waals surface area contributed by atoms with Crippen molar-refractivity contribution < 1.29 is 9.59 Å². The summed E-state index contributed by atoms with van der Waals surface area (Å²) in [5.41, 5.74) is 3.37. The maximum Gasteiger partial charge on any atom is 0.254 e. The highest BCUT2D eigenvalue weighted by Gasteiger charge is 2.24. The Hall–Kier alpha value is -2.64. The molecule has 1 aliphatic heterocycles. The summed E-state index contributed by atoms with van der Waals surface area (Å²) in [4.78, 5) is 28.8. The molecule has 2 aromatic rings. The smallest absolute Gasteiger partial charge is 0.254 e. The van der Waals surface area contributed by atoms with Gasteiger partial charge in [0.15, 0.2) is 5.11 Å². The van der Waals surface area contributed by atoms with E-state index >= 15 is 0 Å². The van der Waals surface area contributed by atoms with Gasteiger partial charge in [-0.05, 0) is 54.9 Å². The van der Waals surface area contributed by atoms with Crippen LogP contribution in [-0.2, 0) is 4.79 Å². The van der Waals surface area contributed by atoms with Crippen LogP contribution in [0.15, 0.2) is 42.5 Å². The lowest BCUT2D eigenvalue weighted by Crippen LogP contribution is -2.49. The van der Waals surface area contributed by atoms with Gasteiger partial charge in [0.05, 0.1) is 10.7 Å². The van der Waals surface area contributed by atoms with E-state index in [1.807, 2.05) is 62.1 Å². The van der Waals surface area contributed by atoms with Gasteiger partial charge in [0.25, 0.3) is 5.91 Å². The minimum absolute atomic E-state index is 0.0708. The lowest BCUT2D eigenvalue weighted by molar-refractivity contribution is -0.120. The van der Waals surface area contributed by atoms with Crippen LogP contribution in [0, 0.1) is 12.8 Å². The van der Waals surface area contributed by atoms with Crippen molar-refractivity contribution >= 4 is 52.1 Å². The first-order valence-corrected chi connectivity index (χ1v) is 11.5. The molecule has 0 atom stereocenters. The quantitative estimate of drug-likeness (QED) is 0.628. The number of hydrogen-bond acceptors (Lipinski definition) is 4. The van der Waals surface area contributed by atoms with Crippen LogP contribution >= 0.6 is 23.8 Å². The first-order chi connectivity index (χ1) is 15.2. The monoisotopic (exact) mass is 472 g/mol. The number of aryl methyl sites for hydroxylation is 1. The molecule has 0 bridgehead atoms. The van der Waals surface area contributed by atoms with Gasteiger partial charge in [-0.3, -0.25) is 9.59 Å². The highest BCUT2D eigenvalue weighted by Crippen LogP contribution is 2.30. The summed E-state index contributed by atoms with van der Waals surface area (Å²) < 4.78 is 0. The van der Waals surface area contributed by atoms with Crippen molar-refractivity contribution in [2.75, 3.05) is 36.4 Å². The highest BCUT2D eigenvalue weighted by atomic mass is 35.5. The van der Waals surface area contributed by atoms with E-state index in [9.17, 15) is 9.59 Å². The fourth-order valence-corrected chi connectivity index (χ4v) is 4.22. The molecule has 2 aromatic carbocycles. The third kappa shape index (κ3) is 6.20. The lowest BCUT2D eigenvalue weighted by atomic mass is 10.1. The minimum atomic E-state index is -0.113. The molecule has 1 aliphatic rings. The van der Waals surface area contributed by atoms with E-state index in [4.69, 9.17) is 23.8 Å². The number of rotatable bonds is 5. The molecule has 0 aromatic heterocycles. The van der Waals surface area contributed by atoms with Crippen molar-refractivity contribution in [2.45, 2.75) is 27.2 Å². The van der Waals surface area contributed by atoms with E-state index in [1.165, 1.54) is 0 Å².